The molecule has 11 heteroatoms. The third-order valence-electron chi connectivity index (χ3n) is 4.79. The summed E-state index contributed by atoms with van der Waals surface area (Å²) in [7, 11) is -1.15. The first kappa shape index (κ1) is 21.3. The molecule has 0 spiro atoms. The van der Waals surface area contributed by atoms with E-state index in [2.05, 4.69) is 39.7 Å². The molecule has 162 valence electrons. The Morgan fingerprint density at radius 1 is 1.23 bits per heavy atom. The molecule has 3 heterocycles. The van der Waals surface area contributed by atoms with Crippen LogP contribution in [0.5, 0.6) is 0 Å². The second kappa shape index (κ2) is 8.33. The summed E-state index contributed by atoms with van der Waals surface area (Å²) >= 11 is 5.09. The first-order valence-corrected chi connectivity index (χ1v) is 13.9. The van der Waals surface area contributed by atoms with Gasteiger partial charge in [-0.1, -0.05) is 31.8 Å². The number of fused-ring (bicyclic) bond motifs is 1. The highest BCUT2D eigenvalue weighted by Gasteiger charge is 2.20. The van der Waals surface area contributed by atoms with Crippen molar-refractivity contribution in [2.75, 3.05) is 6.61 Å². The maximum atomic E-state index is 13.5. The van der Waals surface area contributed by atoms with E-state index in [0.717, 1.165) is 6.04 Å². The van der Waals surface area contributed by atoms with E-state index in [-0.39, 0.29) is 10.6 Å². The van der Waals surface area contributed by atoms with Crippen molar-refractivity contribution in [1.82, 2.24) is 29.1 Å². The smallest absolute Gasteiger partial charge is 0.348 e. The Morgan fingerprint density at radius 3 is 2.68 bits per heavy atom. The highest BCUT2D eigenvalue weighted by Crippen LogP contribution is 2.33. The summed E-state index contributed by atoms with van der Waals surface area (Å²) < 4.78 is 22.5. The third kappa shape index (κ3) is 4.73. The van der Waals surface area contributed by atoms with E-state index in [1.54, 1.807) is 18.5 Å². The van der Waals surface area contributed by atoms with Crippen LogP contribution in [0.3, 0.4) is 0 Å². The molecule has 0 saturated carbocycles. The van der Waals surface area contributed by atoms with Crippen LogP contribution in [-0.4, -0.2) is 43.8 Å². The standard InChI is InChI=1S/C20H23FN6O2SSi/c1-31(2,3)9-8-29-12-26-10-15(22-11-26)17-16(13-4-6-14(21)7-5-13)18-23-19(30)24-20(28)27(18)25-17/h4-7,10-11,25H,8-9,12H2,1-3H3,(H,24,28,30). The van der Waals surface area contributed by atoms with Gasteiger partial charge in [0.1, 0.15) is 18.2 Å². The zero-order valence-corrected chi connectivity index (χ0v) is 19.3. The highest BCUT2D eigenvalue weighted by molar-refractivity contribution is 7.71. The van der Waals surface area contributed by atoms with E-state index in [1.165, 1.54) is 16.6 Å². The summed E-state index contributed by atoms with van der Waals surface area (Å²) in [4.78, 5) is 23.7. The van der Waals surface area contributed by atoms with E-state index in [9.17, 15) is 9.18 Å². The van der Waals surface area contributed by atoms with Gasteiger partial charge < -0.3 is 9.30 Å². The molecule has 3 aromatic heterocycles. The first-order valence-electron chi connectivity index (χ1n) is 9.82. The average molecular weight is 459 g/mol. The van der Waals surface area contributed by atoms with Gasteiger partial charge in [-0.3, -0.25) is 10.1 Å². The molecule has 31 heavy (non-hydrogen) atoms. The quantitative estimate of drug-likeness (QED) is 0.247. The van der Waals surface area contributed by atoms with Gasteiger partial charge in [-0.15, -0.1) is 0 Å². The topological polar surface area (TPSA) is 93.0 Å². The third-order valence-corrected chi connectivity index (χ3v) is 6.69. The van der Waals surface area contributed by atoms with Crippen molar-refractivity contribution >= 4 is 25.9 Å². The molecule has 4 aromatic rings. The maximum absolute atomic E-state index is 13.5. The second-order valence-electron chi connectivity index (χ2n) is 8.50. The number of aromatic nitrogens is 6. The van der Waals surface area contributed by atoms with E-state index in [0.29, 0.717) is 41.5 Å². The summed E-state index contributed by atoms with van der Waals surface area (Å²) in [6, 6.07) is 7.05. The Hall–Kier alpha value is -2.89. The van der Waals surface area contributed by atoms with Crippen LogP contribution in [0.4, 0.5) is 4.39 Å². The number of nitrogens with zero attached hydrogens (tertiary/aromatic N) is 4. The van der Waals surface area contributed by atoms with Crippen molar-refractivity contribution < 1.29 is 9.13 Å². The van der Waals surface area contributed by atoms with Gasteiger partial charge in [0.05, 0.1) is 17.6 Å². The van der Waals surface area contributed by atoms with Crippen molar-refractivity contribution in [1.29, 1.82) is 0 Å². The molecule has 1 aromatic carbocycles. The molecule has 8 nitrogen and oxygen atoms in total. The van der Waals surface area contributed by atoms with Crippen LogP contribution in [0.1, 0.15) is 0 Å². The lowest BCUT2D eigenvalue weighted by Crippen LogP contribution is -2.21. The van der Waals surface area contributed by atoms with E-state index >= 15 is 0 Å². The Balaban J connectivity index is 1.73. The molecule has 0 amide bonds. The second-order valence-corrected chi connectivity index (χ2v) is 14.5. The van der Waals surface area contributed by atoms with Crippen molar-refractivity contribution in [2.24, 2.45) is 0 Å². The van der Waals surface area contributed by atoms with Crippen LogP contribution in [-0.2, 0) is 11.5 Å². The van der Waals surface area contributed by atoms with Gasteiger partial charge in [0, 0.05) is 20.9 Å². The molecule has 0 aliphatic heterocycles. The van der Waals surface area contributed by atoms with Gasteiger partial charge in [-0.05, 0) is 36.0 Å². The van der Waals surface area contributed by atoms with Gasteiger partial charge >= 0.3 is 5.69 Å². The van der Waals surface area contributed by atoms with Gasteiger partial charge in [0.2, 0.25) is 4.77 Å². The minimum atomic E-state index is -1.15. The number of halogens is 1. The fraction of sp³-hybridized carbons (Fsp3) is 0.300. The molecule has 0 unspecified atom stereocenters. The lowest BCUT2D eigenvalue weighted by Gasteiger charge is -2.15. The molecule has 0 saturated heterocycles. The number of hydrogen-bond acceptors (Lipinski definition) is 5. The number of ether oxygens (including phenoxy) is 1. The lowest BCUT2D eigenvalue weighted by atomic mass is 10.0. The zero-order valence-electron chi connectivity index (χ0n) is 17.5. The van der Waals surface area contributed by atoms with Gasteiger partial charge in [0.15, 0.2) is 5.65 Å². The number of imidazole rings is 1. The molecule has 0 fully saturated rings. The van der Waals surface area contributed by atoms with E-state index in [4.69, 9.17) is 17.0 Å². The Bertz CT molecular complexity index is 1330. The van der Waals surface area contributed by atoms with Crippen LogP contribution >= 0.6 is 12.2 Å². The summed E-state index contributed by atoms with van der Waals surface area (Å²) in [6.45, 7) is 8.00. The molecule has 0 atom stereocenters. The number of aromatic amines is 2. The van der Waals surface area contributed by atoms with Crippen LogP contribution < -0.4 is 5.69 Å². The van der Waals surface area contributed by atoms with Crippen molar-refractivity contribution in [3.8, 4) is 22.5 Å². The van der Waals surface area contributed by atoms with E-state index in [1.807, 2.05) is 10.8 Å². The Labute approximate surface area is 183 Å². The minimum Gasteiger partial charge on any atom is -0.361 e. The lowest BCUT2D eigenvalue weighted by molar-refractivity contribution is 0.0871. The van der Waals surface area contributed by atoms with Crippen molar-refractivity contribution in [3.63, 3.8) is 0 Å². The van der Waals surface area contributed by atoms with Gasteiger partial charge in [-0.2, -0.15) is 9.50 Å². The zero-order chi connectivity index (χ0) is 22.2. The summed E-state index contributed by atoms with van der Waals surface area (Å²) in [6.07, 6.45) is 3.50. The van der Waals surface area contributed by atoms with Crippen molar-refractivity contribution in [3.05, 3.63) is 57.9 Å². The molecule has 2 N–H and O–H groups in total. The normalized spacial score (nSPS) is 12.0. The molecule has 0 aliphatic carbocycles. The maximum Gasteiger partial charge on any atom is 0.348 e. The minimum absolute atomic E-state index is 0.0697. The largest absolute Gasteiger partial charge is 0.361 e. The number of hydrogen-bond donors (Lipinski definition) is 2. The van der Waals surface area contributed by atoms with Gasteiger partial charge in [-0.25, -0.2) is 14.2 Å². The fourth-order valence-corrected chi connectivity index (χ4v) is 4.08. The summed E-state index contributed by atoms with van der Waals surface area (Å²) in [5.41, 5.74) is 2.37. The predicted molar refractivity (Wildman–Crippen MR) is 122 cm³/mol. The first-order chi connectivity index (χ1) is 14.7. The number of nitrogens with one attached hydrogen (secondary N) is 2. The molecule has 0 bridgehead atoms. The Morgan fingerprint density at radius 2 is 1.97 bits per heavy atom. The SMILES string of the molecule is C[Si](C)(C)CCOCn1cnc(-c2[nH]n3c(=O)[nH]c(=S)nc3c2-c2ccc(F)cc2)c1. The summed E-state index contributed by atoms with van der Waals surface area (Å²) in [5.74, 6) is -0.354. The monoisotopic (exact) mass is 458 g/mol. The van der Waals surface area contributed by atoms with Crippen LogP contribution in [0.25, 0.3) is 28.2 Å². The highest BCUT2D eigenvalue weighted by atomic mass is 32.1. The fourth-order valence-electron chi connectivity index (χ4n) is 3.15. The number of H-pyrrole nitrogens is 2. The number of rotatable bonds is 7. The average Bonchev–Trinajstić information content (AvgIpc) is 3.30. The molecule has 0 radical (unpaired) electrons. The molecular formula is C20H23FN6O2SSi. The molecule has 4 rings (SSSR count). The van der Waals surface area contributed by atoms with Crippen LogP contribution in [0.2, 0.25) is 25.7 Å². The van der Waals surface area contributed by atoms with Crippen molar-refractivity contribution in [2.45, 2.75) is 32.4 Å². The van der Waals surface area contributed by atoms with Gasteiger partial charge in [0.25, 0.3) is 0 Å². The molecule has 0 aliphatic rings. The van der Waals surface area contributed by atoms with E-state index < -0.39 is 13.8 Å². The van der Waals surface area contributed by atoms with Crippen LogP contribution in [0, 0.1) is 10.6 Å². The Kier molecular flexibility index (Phi) is 5.73. The van der Waals surface area contributed by atoms with Crippen LogP contribution in [0.15, 0.2) is 41.6 Å². The predicted octanol–water partition coefficient (Wildman–Crippen LogP) is 4.06. The summed E-state index contributed by atoms with van der Waals surface area (Å²) in [5, 5.41) is 3.05. The number of benzene rings is 1. The molecular weight excluding hydrogens is 435 g/mol.